The minimum Gasteiger partial charge on any atom is -0.303 e. The Labute approximate surface area is 83.0 Å². The average Bonchev–Trinajstić information content (AvgIpc) is 2.61. The van der Waals surface area contributed by atoms with Crippen molar-refractivity contribution >= 4 is 29.3 Å². The molecule has 72 valence electrons. The topological polar surface area (TPSA) is 84.3 Å². The van der Waals surface area contributed by atoms with E-state index in [1.54, 1.807) is 0 Å². The molecule has 0 saturated heterocycles. The molecule has 0 atom stereocenters. The first-order valence-corrected chi connectivity index (χ1v) is 4.23. The highest BCUT2D eigenvalue weighted by atomic mass is 16.2. The molecule has 1 aliphatic carbocycles. The smallest absolute Gasteiger partial charge is 0.303 e. The molecule has 2 amide bonds. The van der Waals surface area contributed by atoms with Crippen molar-refractivity contribution in [2.45, 2.75) is 0 Å². The third-order valence-corrected chi connectivity index (χ3v) is 2.23. The summed E-state index contributed by atoms with van der Waals surface area (Å²) in [6.07, 6.45) is 4.36. The van der Waals surface area contributed by atoms with Crippen LogP contribution in [-0.4, -0.2) is 27.7 Å². The van der Waals surface area contributed by atoms with Gasteiger partial charge in [-0.05, 0) is 6.08 Å². The van der Waals surface area contributed by atoms with Gasteiger partial charge >= 0.3 is 6.03 Å². The van der Waals surface area contributed by atoms with Crippen molar-refractivity contribution in [2.24, 2.45) is 4.99 Å². The highest BCUT2D eigenvalue weighted by molar-refractivity contribution is 6.64. The number of ketones is 1. The lowest BCUT2D eigenvalue weighted by molar-refractivity contribution is -0.107. The molecule has 0 saturated carbocycles. The van der Waals surface area contributed by atoms with Gasteiger partial charge in [0.15, 0.2) is 0 Å². The van der Waals surface area contributed by atoms with Gasteiger partial charge in [0.25, 0.3) is 0 Å². The van der Waals surface area contributed by atoms with Gasteiger partial charge in [-0.1, -0.05) is 0 Å². The van der Waals surface area contributed by atoms with Crippen LogP contribution in [0.3, 0.4) is 0 Å². The number of nitrogens with one attached hydrogen (secondary N) is 1. The predicted octanol–water partition coefficient (Wildman–Crippen LogP) is -1.89. The van der Waals surface area contributed by atoms with Gasteiger partial charge in [-0.25, -0.2) is 4.79 Å². The predicted molar refractivity (Wildman–Crippen MR) is 50.1 cm³/mol. The molecule has 6 nitrogen and oxygen atoms in total. The summed E-state index contributed by atoms with van der Waals surface area (Å²) < 4.78 is 0. The Morgan fingerprint density at radius 1 is 1.13 bits per heavy atom. The number of nitrogens with zero attached hydrogens (tertiary/aromatic N) is 3. The quantitative estimate of drug-likeness (QED) is 0.530. The average molecular weight is 200 g/mol. The minimum atomic E-state index is -0.522. The number of amides is 2. The van der Waals surface area contributed by atoms with E-state index in [4.69, 9.17) is 0 Å². The Balaban J connectivity index is 2.49. The first kappa shape index (κ1) is 7.98. The van der Waals surface area contributed by atoms with Gasteiger partial charge in [0, 0.05) is 10.4 Å². The standard InChI is InChI=1S/C9H4N4O2/c14-6-1-4-2-10-11-3-5(4)7-8(6)13-9(15)12-7/h1-3H,(H,12,15). The largest absolute Gasteiger partial charge is 0.346 e. The highest BCUT2D eigenvalue weighted by Gasteiger charge is 2.27. The Morgan fingerprint density at radius 2 is 1.93 bits per heavy atom. The second-order valence-electron chi connectivity index (χ2n) is 3.13. The molecule has 6 heteroatoms. The van der Waals surface area contributed by atoms with Crippen LogP contribution in [0.15, 0.2) is 17.4 Å². The molecule has 15 heavy (non-hydrogen) atoms. The van der Waals surface area contributed by atoms with Crippen LogP contribution in [0.1, 0.15) is 0 Å². The lowest BCUT2D eigenvalue weighted by atomic mass is 10.0. The molecule has 0 bridgehead atoms. The molecule has 3 rings (SSSR count). The summed E-state index contributed by atoms with van der Waals surface area (Å²) in [5, 5.41) is 11.2. The zero-order valence-electron chi connectivity index (χ0n) is 7.39. The second-order valence-corrected chi connectivity index (χ2v) is 3.13. The van der Waals surface area contributed by atoms with Crippen LogP contribution in [0, 0.1) is 0 Å². The molecule has 2 aliphatic rings. The number of fused-ring (bicyclic) bond motifs is 2. The summed E-state index contributed by atoms with van der Waals surface area (Å²) in [6, 6.07) is -0.522. The van der Waals surface area contributed by atoms with E-state index in [0.29, 0.717) is 16.1 Å². The van der Waals surface area contributed by atoms with Crippen molar-refractivity contribution in [3.63, 3.8) is 0 Å². The molecule has 0 aromatic carbocycles. The van der Waals surface area contributed by atoms with Crippen LogP contribution in [0.25, 0.3) is 11.8 Å². The van der Waals surface area contributed by atoms with Gasteiger partial charge in [-0.2, -0.15) is 15.2 Å². The maximum atomic E-state index is 11.5. The number of Topliss-reactive ketones (excluding diaryl/α,β-unsaturated/α-hetero) is 1. The van der Waals surface area contributed by atoms with Gasteiger partial charge in [-0.15, -0.1) is 0 Å². The maximum Gasteiger partial charge on any atom is 0.346 e. The molecule has 1 aromatic rings. The Morgan fingerprint density at radius 3 is 2.80 bits per heavy atom. The van der Waals surface area contributed by atoms with Crippen molar-refractivity contribution < 1.29 is 9.59 Å². The number of aliphatic imine (C=N–C) groups is 1. The number of hydrogen-bond donors (Lipinski definition) is 1. The normalized spacial score (nSPS) is 17.6. The summed E-state index contributed by atoms with van der Waals surface area (Å²) in [4.78, 5) is 26.2. The van der Waals surface area contributed by atoms with E-state index in [1.807, 2.05) is 0 Å². The van der Waals surface area contributed by atoms with Crippen molar-refractivity contribution in [2.75, 3.05) is 0 Å². The number of rotatable bonds is 0. The summed E-state index contributed by atoms with van der Waals surface area (Å²) in [6.45, 7) is 0. The number of carbonyl (C=O) groups excluding carboxylic acids is 2. The molecule has 1 aromatic heterocycles. The van der Waals surface area contributed by atoms with Gasteiger partial charge in [0.2, 0.25) is 5.78 Å². The summed E-state index contributed by atoms with van der Waals surface area (Å²) in [5.41, 5.74) is 0.581. The van der Waals surface area contributed by atoms with Crippen LogP contribution >= 0.6 is 0 Å². The Kier molecular flexibility index (Phi) is 1.37. The number of urea groups is 1. The fourth-order valence-electron chi connectivity index (χ4n) is 1.59. The summed E-state index contributed by atoms with van der Waals surface area (Å²) >= 11 is 0. The molecule has 2 heterocycles. The lowest BCUT2D eigenvalue weighted by Crippen LogP contribution is -2.40. The zero-order valence-corrected chi connectivity index (χ0v) is 7.39. The third-order valence-electron chi connectivity index (χ3n) is 2.23. The zero-order chi connectivity index (χ0) is 10.4. The fraction of sp³-hybridized carbons (Fsp3) is 0. The maximum absolute atomic E-state index is 11.5. The van der Waals surface area contributed by atoms with Gasteiger partial charge < -0.3 is 5.32 Å². The van der Waals surface area contributed by atoms with Crippen molar-refractivity contribution in [3.8, 4) is 0 Å². The van der Waals surface area contributed by atoms with E-state index in [0.717, 1.165) is 0 Å². The Hall–Kier alpha value is -2.37. The van der Waals surface area contributed by atoms with Crippen molar-refractivity contribution in [1.82, 2.24) is 15.5 Å². The molecule has 0 radical (unpaired) electrons. The monoisotopic (exact) mass is 200 g/mol. The van der Waals surface area contributed by atoms with Gasteiger partial charge in [-0.3, -0.25) is 4.79 Å². The number of aromatic nitrogens is 2. The summed E-state index contributed by atoms with van der Waals surface area (Å²) in [7, 11) is 0. The van der Waals surface area contributed by atoms with Crippen LogP contribution in [0.5, 0.6) is 0 Å². The van der Waals surface area contributed by atoms with E-state index in [-0.39, 0.29) is 11.5 Å². The Bertz CT molecular complexity index is 644. The highest BCUT2D eigenvalue weighted by Crippen LogP contribution is 2.06. The summed E-state index contributed by atoms with van der Waals surface area (Å²) in [5.74, 6) is -0.288. The number of carbonyl (C=O) groups is 2. The molecule has 0 unspecified atom stereocenters. The second kappa shape index (κ2) is 2.57. The SMILES string of the molecule is O=C1N=C2C(=O)C=c3cnncc3=C2N1. The third kappa shape index (κ3) is 1.01. The van der Waals surface area contributed by atoms with Gasteiger partial charge in [0.1, 0.15) is 5.71 Å². The van der Waals surface area contributed by atoms with Crippen LogP contribution in [0.2, 0.25) is 0 Å². The molecular formula is C9H4N4O2. The van der Waals surface area contributed by atoms with Crippen LogP contribution < -0.4 is 15.8 Å². The number of hydrogen-bond acceptors (Lipinski definition) is 4. The van der Waals surface area contributed by atoms with Crippen molar-refractivity contribution in [3.05, 3.63) is 22.8 Å². The van der Waals surface area contributed by atoms with E-state index < -0.39 is 6.03 Å². The molecule has 1 aliphatic heterocycles. The van der Waals surface area contributed by atoms with E-state index in [1.165, 1.54) is 18.5 Å². The first-order chi connectivity index (χ1) is 7.25. The van der Waals surface area contributed by atoms with E-state index in [2.05, 4.69) is 20.5 Å². The van der Waals surface area contributed by atoms with Gasteiger partial charge in [0.05, 0.1) is 18.1 Å². The van der Waals surface area contributed by atoms with Crippen LogP contribution in [0.4, 0.5) is 4.79 Å². The fourth-order valence-corrected chi connectivity index (χ4v) is 1.59. The van der Waals surface area contributed by atoms with E-state index >= 15 is 0 Å². The van der Waals surface area contributed by atoms with E-state index in [9.17, 15) is 9.59 Å². The molecular weight excluding hydrogens is 196 g/mol. The molecule has 1 N–H and O–H groups in total. The van der Waals surface area contributed by atoms with Crippen LogP contribution in [-0.2, 0) is 4.79 Å². The minimum absolute atomic E-state index is 0.153. The molecule has 0 spiro atoms. The lowest BCUT2D eigenvalue weighted by Gasteiger charge is -2.04. The first-order valence-electron chi connectivity index (χ1n) is 4.23. The molecule has 0 fully saturated rings. The van der Waals surface area contributed by atoms with Crippen molar-refractivity contribution in [1.29, 1.82) is 0 Å².